The second-order valence-electron chi connectivity index (χ2n) is 6.77. The lowest BCUT2D eigenvalue weighted by Crippen LogP contribution is -2.09. The number of carboxylic acid groups (broad SMARTS) is 5. The molecule has 0 spiro atoms. The van der Waals surface area contributed by atoms with Crippen molar-refractivity contribution in [2.45, 2.75) is 0 Å². The van der Waals surface area contributed by atoms with Gasteiger partial charge in [-0.25, -0.2) is 24.0 Å². The summed E-state index contributed by atoms with van der Waals surface area (Å²) >= 11 is 0. The van der Waals surface area contributed by atoms with Crippen molar-refractivity contribution in [2.75, 3.05) is 0 Å². The molecule has 0 aliphatic heterocycles. The molecule has 166 valence electrons. The first-order valence-electron chi connectivity index (χ1n) is 9.11. The summed E-state index contributed by atoms with van der Waals surface area (Å²) in [7, 11) is 0. The molecule has 0 aliphatic carbocycles. The van der Waals surface area contributed by atoms with Gasteiger partial charge in [0.05, 0.1) is 27.8 Å². The first kappa shape index (κ1) is 22.7. The Balaban J connectivity index is 2.53. The van der Waals surface area contributed by atoms with Gasteiger partial charge in [0.25, 0.3) is 0 Å². The molecule has 33 heavy (non-hydrogen) atoms. The summed E-state index contributed by atoms with van der Waals surface area (Å²) in [5.41, 5.74) is -2.69. The quantitative estimate of drug-likeness (QED) is 0.356. The monoisotopic (exact) mass is 450 g/mol. The van der Waals surface area contributed by atoms with Crippen LogP contribution in [0.15, 0.2) is 54.6 Å². The van der Waals surface area contributed by atoms with Crippen LogP contribution in [0.4, 0.5) is 0 Å². The smallest absolute Gasteiger partial charge is 0.336 e. The lowest BCUT2D eigenvalue weighted by Gasteiger charge is -2.17. The number of aromatic carboxylic acids is 5. The van der Waals surface area contributed by atoms with Gasteiger partial charge in [0, 0.05) is 5.56 Å². The van der Waals surface area contributed by atoms with Gasteiger partial charge in [0.15, 0.2) is 0 Å². The molecule has 0 bridgehead atoms. The second-order valence-corrected chi connectivity index (χ2v) is 6.77. The predicted molar refractivity (Wildman–Crippen MR) is 112 cm³/mol. The van der Waals surface area contributed by atoms with Gasteiger partial charge in [-0.3, -0.25) is 0 Å². The van der Waals surface area contributed by atoms with E-state index < -0.39 is 41.0 Å². The summed E-state index contributed by atoms with van der Waals surface area (Å²) in [5, 5.41) is 47.7. The molecule has 0 heterocycles. The van der Waals surface area contributed by atoms with Crippen molar-refractivity contribution in [3.05, 3.63) is 82.4 Å². The highest BCUT2D eigenvalue weighted by atomic mass is 16.4. The van der Waals surface area contributed by atoms with Crippen LogP contribution in [0, 0.1) is 0 Å². The van der Waals surface area contributed by atoms with Gasteiger partial charge in [-0.05, 0) is 59.2 Å². The van der Waals surface area contributed by atoms with Gasteiger partial charge in [0.1, 0.15) is 0 Å². The first-order chi connectivity index (χ1) is 15.5. The average Bonchev–Trinajstić information content (AvgIpc) is 2.77. The summed E-state index contributed by atoms with van der Waals surface area (Å²) < 4.78 is 0. The largest absolute Gasteiger partial charge is 0.478 e. The molecule has 0 aliphatic rings. The summed E-state index contributed by atoms with van der Waals surface area (Å²) in [6, 6.07) is 9.84. The average molecular weight is 450 g/mol. The maximum absolute atomic E-state index is 12.0. The van der Waals surface area contributed by atoms with E-state index in [2.05, 4.69) is 0 Å². The Morgan fingerprint density at radius 2 is 0.909 bits per heavy atom. The molecule has 0 radical (unpaired) electrons. The van der Waals surface area contributed by atoms with Crippen LogP contribution < -0.4 is 0 Å². The van der Waals surface area contributed by atoms with Crippen LogP contribution in [-0.2, 0) is 0 Å². The van der Waals surface area contributed by atoms with Crippen LogP contribution in [0.3, 0.4) is 0 Å². The highest BCUT2D eigenvalue weighted by molar-refractivity contribution is 6.09. The van der Waals surface area contributed by atoms with Crippen LogP contribution in [0.5, 0.6) is 0 Å². The highest BCUT2D eigenvalue weighted by Gasteiger charge is 2.25. The molecule has 0 aromatic heterocycles. The summed E-state index contributed by atoms with van der Waals surface area (Å²) in [6.45, 7) is 0. The highest BCUT2D eigenvalue weighted by Crippen LogP contribution is 2.39. The normalized spacial score (nSPS) is 10.4. The fraction of sp³-hybridized carbons (Fsp3) is 0. The van der Waals surface area contributed by atoms with E-state index in [1.54, 1.807) is 0 Å². The zero-order valence-corrected chi connectivity index (χ0v) is 16.5. The minimum Gasteiger partial charge on any atom is -0.478 e. The molecular formula is C23H14O10. The molecule has 0 saturated carbocycles. The molecule has 0 fully saturated rings. The van der Waals surface area contributed by atoms with Crippen molar-refractivity contribution in [1.29, 1.82) is 0 Å². The van der Waals surface area contributed by atoms with E-state index in [-0.39, 0.29) is 38.9 Å². The number of rotatable bonds is 7. The molecule has 0 amide bonds. The van der Waals surface area contributed by atoms with Crippen molar-refractivity contribution in [1.82, 2.24) is 0 Å². The van der Waals surface area contributed by atoms with Crippen molar-refractivity contribution in [3.63, 3.8) is 0 Å². The minimum atomic E-state index is -1.49. The maximum atomic E-state index is 12.0. The van der Waals surface area contributed by atoms with Crippen LogP contribution in [0.2, 0.25) is 0 Å². The zero-order chi connectivity index (χ0) is 24.4. The van der Waals surface area contributed by atoms with Crippen molar-refractivity contribution >= 4 is 29.8 Å². The Bertz CT molecular complexity index is 1350. The van der Waals surface area contributed by atoms with Gasteiger partial charge >= 0.3 is 29.8 Å². The molecular weight excluding hydrogens is 436 g/mol. The lowest BCUT2D eigenvalue weighted by molar-refractivity contribution is 0.0681. The Morgan fingerprint density at radius 3 is 1.36 bits per heavy atom. The van der Waals surface area contributed by atoms with E-state index in [1.807, 2.05) is 0 Å². The lowest BCUT2D eigenvalue weighted by atomic mass is 9.85. The van der Waals surface area contributed by atoms with E-state index in [4.69, 9.17) is 0 Å². The third kappa shape index (κ3) is 4.26. The number of carbonyl (C=O) groups is 5. The zero-order valence-electron chi connectivity index (χ0n) is 16.5. The molecule has 3 aromatic carbocycles. The van der Waals surface area contributed by atoms with Crippen LogP contribution in [0.25, 0.3) is 22.3 Å². The predicted octanol–water partition coefficient (Wildman–Crippen LogP) is 3.51. The third-order valence-electron chi connectivity index (χ3n) is 4.85. The van der Waals surface area contributed by atoms with Gasteiger partial charge < -0.3 is 25.5 Å². The first-order valence-corrected chi connectivity index (χ1v) is 9.11. The molecule has 0 unspecified atom stereocenters. The Hall–Kier alpha value is -4.99. The van der Waals surface area contributed by atoms with Crippen LogP contribution in [-0.4, -0.2) is 55.4 Å². The van der Waals surface area contributed by atoms with Gasteiger partial charge in [-0.2, -0.15) is 0 Å². The number of benzene rings is 3. The minimum absolute atomic E-state index is 0.0968. The van der Waals surface area contributed by atoms with Crippen molar-refractivity contribution < 1.29 is 49.5 Å². The van der Waals surface area contributed by atoms with Crippen LogP contribution in [0.1, 0.15) is 51.8 Å². The molecule has 10 heteroatoms. The van der Waals surface area contributed by atoms with E-state index in [0.29, 0.717) is 0 Å². The van der Waals surface area contributed by atoms with E-state index >= 15 is 0 Å². The van der Waals surface area contributed by atoms with Gasteiger partial charge in [-0.1, -0.05) is 12.1 Å². The molecule has 0 atom stereocenters. The van der Waals surface area contributed by atoms with Crippen LogP contribution >= 0.6 is 0 Å². The van der Waals surface area contributed by atoms with E-state index in [0.717, 1.165) is 42.5 Å². The molecule has 3 rings (SSSR count). The summed E-state index contributed by atoms with van der Waals surface area (Å²) in [5.74, 6) is -7.18. The van der Waals surface area contributed by atoms with Crippen molar-refractivity contribution in [3.8, 4) is 22.3 Å². The Labute approximate surface area is 184 Å². The maximum Gasteiger partial charge on any atom is 0.336 e. The SMILES string of the molecule is O=C(O)c1ccc(C(=O)O)c(-c2cccc(C(=O)O)c2-c2cc(C(=O)O)ccc2C(=O)O)c1. The second kappa shape index (κ2) is 8.63. The Morgan fingerprint density at radius 1 is 0.455 bits per heavy atom. The molecule has 10 nitrogen and oxygen atoms in total. The van der Waals surface area contributed by atoms with E-state index in [1.165, 1.54) is 12.1 Å². The fourth-order valence-corrected chi connectivity index (χ4v) is 3.40. The molecule has 5 N–H and O–H groups in total. The number of carboxylic acids is 5. The summed E-state index contributed by atoms with van der Waals surface area (Å²) in [6.07, 6.45) is 0. The summed E-state index contributed by atoms with van der Waals surface area (Å²) in [4.78, 5) is 58.7. The molecule has 3 aromatic rings. The third-order valence-corrected chi connectivity index (χ3v) is 4.85. The number of hydrogen-bond acceptors (Lipinski definition) is 5. The fourth-order valence-electron chi connectivity index (χ4n) is 3.40. The van der Waals surface area contributed by atoms with Gasteiger partial charge in [-0.15, -0.1) is 0 Å². The topological polar surface area (TPSA) is 186 Å². The number of hydrogen-bond donors (Lipinski definition) is 5. The Kier molecular flexibility index (Phi) is 5.93. The van der Waals surface area contributed by atoms with E-state index in [9.17, 15) is 49.5 Å². The molecule has 0 saturated heterocycles. The standard InChI is InChI=1S/C23H14O10/c24-19(25)10-4-6-13(21(28)29)16(8-10)12-2-1-3-15(23(32)33)18(12)17-9-11(20(26)27)5-7-14(17)22(30)31/h1-9H,(H,24,25)(H,26,27)(H,28,29)(H,30,31)(H,32,33). The van der Waals surface area contributed by atoms with Gasteiger partial charge in [0.2, 0.25) is 0 Å². The van der Waals surface area contributed by atoms with Crippen molar-refractivity contribution in [2.24, 2.45) is 0 Å².